The molecule has 0 atom stereocenters. The monoisotopic (exact) mass is 384 g/mol. The second-order valence-electron chi connectivity index (χ2n) is 6.64. The molecule has 27 heavy (non-hydrogen) atoms. The number of para-hydroxylation sites is 2. The van der Waals surface area contributed by atoms with Gasteiger partial charge in [0, 0.05) is 25.1 Å². The highest BCUT2D eigenvalue weighted by Crippen LogP contribution is 2.30. The molecule has 0 aliphatic carbocycles. The van der Waals surface area contributed by atoms with Crippen molar-refractivity contribution in [3.63, 3.8) is 0 Å². The predicted octanol–water partition coefficient (Wildman–Crippen LogP) is 1.86. The number of rotatable bonds is 5. The largest absolute Gasteiger partial charge is 0.352 e. The number of amides is 1. The third-order valence-electron chi connectivity index (χ3n) is 4.68. The molecule has 1 aliphatic heterocycles. The number of H-pyrrole nitrogens is 1. The van der Waals surface area contributed by atoms with Gasteiger partial charge in [-0.25, -0.2) is 13.4 Å². The van der Waals surface area contributed by atoms with Crippen molar-refractivity contribution < 1.29 is 13.2 Å². The molecule has 0 saturated carbocycles. The number of sulfonamides is 1. The Morgan fingerprint density at radius 2 is 2.07 bits per heavy atom. The van der Waals surface area contributed by atoms with E-state index in [1.165, 1.54) is 10.6 Å². The highest BCUT2D eigenvalue weighted by molar-refractivity contribution is 7.92. The molecule has 8 heteroatoms. The van der Waals surface area contributed by atoms with E-state index in [-0.39, 0.29) is 5.91 Å². The van der Waals surface area contributed by atoms with E-state index in [0.29, 0.717) is 37.2 Å². The summed E-state index contributed by atoms with van der Waals surface area (Å²) in [7, 11) is -3.28. The van der Waals surface area contributed by atoms with E-state index < -0.39 is 10.0 Å². The molecule has 2 aromatic carbocycles. The highest BCUT2D eigenvalue weighted by Gasteiger charge is 2.26. The normalized spacial score (nSPS) is 13.7. The number of aromatic amines is 1. The van der Waals surface area contributed by atoms with Gasteiger partial charge in [-0.2, -0.15) is 0 Å². The van der Waals surface area contributed by atoms with Crippen molar-refractivity contribution in [2.75, 3.05) is 23.7 Å². The molecular weight excluding hydrogens is 364 g/mol. The van der Waals surface area contributed by atoms with Crippen molar-refractivity contribution in [2.45, 2.75) is 12.8 Å². The van der Waals surface area contributed by atoms with Crippen LogP contribution in [0.5, 0.6) is 0 Å². The number of fused-ring (bicyclic) bond motifs is 2. The number of hydrogen-bond acceptors (Lipinski definition) is 4. The Hall–Kier alpha value is -2.87. The molecule has 1 amide bonds. The zero-order valence-corrected chi connectivity index (χ0v) is 15.7. The second-order valence-corrected chi connectivity index (χ2v) is 8.54. The molecule has 1 aliphatic rings. The van der Waals surface area contributed by atoms with Crippen molar-refractivity contribution in [1.29, 1.82) is 0 Å². The van der Waals surface area contributed by atoms with Gasteiger partial charge < -0.3 is 10.3 Å². The Balaban J connectivity index is 1.40. The molecule has 2 heterocycles. The van der Waals surface area contributed by atoms with Crippen molar-refractivity contribution in [1.82, 2.24) is 15.3 Å². The number of nitrogens with one attached hydrogen (secondary N) is 2. The fourth-order valence-electron chi connectivity index (χ4n) is 3.38. The first kappa shape index (κ1) is 17.5. The summed E-state index contributed by atoms with van der Waals surface area (Å²) in [4.78, 5) is 20.1. The summed E-state index contributed by atoms with van der Waals surface area (Å²) in [6, 6.07) is 12.9. The topological polar surface area (TPSA) is 95.2 Å². The van der Waals surface area contributed by atoms with E-state index in [2.05, 4.69) is 15.3 Å². The number of anilines is 1. The first-order valence-corrected chi connectivity index (χ1v) is 10.6. The van der Waals surface area contributed by atoms with Crippen LogP contribution in [0.2, 0.25) is 0 Å². The molecule has 4 rings (SSSR count). The zero-order valence-electron chi connectivity index (χ0n) is 14.9. The fraction of sp³-hybridized carbons (Fsp3) is 0.263. The number of imidazole rings is 1. The molecule has 0 spiro atoms. The standard InChI is InChI=1S/C19H20N4O3S/c1-27(25,26)23-11-9-13-12-14(6-7-17(13)23)19(24)20-10-8-18-21-15-4-2-3-5-16(15)22-18/h2-7,12H,8-11H2,1H3,(H,20,24)(H,21,22). The van der Waals surface area contributed by atoms with E-state index in [0.717, 1.165) is 22.4 Å². The fourth-order valence-corrected chi connectivity index (χ4v) is 4.34. The molecule has 7 nitrogen and oxygen atoms in total. The Morgan fingerprint density at radius 3 is 2.85 bits per heavy atom. The Morgan fingerprint density at radius 1 is 1.26 bits per heavy atom. The van der Waals surface area contributed by atoms with Crippen LogP contribution in [0.25, 0.3) is 11.0 Å². The first-order valence-electron chi connectivity index (χ1n) is 8.74. The van der Waals surface area contributed by atoms with Gasteiger partial charge in [0.15, 0.2) is 0 Å². The Kier molecular flexibility index (Phi) is 4.35. The van der Waals surface area contributed by atoms with E-state index >= 15 is 0 Å². The van der Waals surface area contributed by atoms with E-state index in [1.54, 1.807) is 18.2 Å². The van der Waals surface area contributed by atoms with Crippen molar-refractivity contribution in [3.05, 3.63) is 59.4 Å². The molecule has 1 aromatic heterocycles. The van der Waals surface area contributed by atoms with E-state index in [4.69, 9.17) is 0 Å². The molecule has 140 valence electrons. The van der Waals surface area contributed by atoms with Crippen LogP contribution in [-0.2, 0) is 22.9 Å². The highest BCUT2D eigenvalue weighted by atomic mass is 32.2. The van der Waals surface area contributed by atoms with E-state index in [1.807, 2.05) is 24.3 Å². The second kappa shape index (κ2) is 6.70. The van der Waals surface area contributed by atoms with Gasteiger partial charge in [-0.05, 0) is 42.3 Å². The lowest BCUT2D eigenvalue weighted by molar-refractivity contribution is 0.0954. The zero-order chi connectivity index (χ0) is 19.0. The van der Waals surface area contributed by atoms with Crippen LogP contribution in [0.1, 0.15) is 21.7 Å². The minimum Gasteiger partial charge on any atom is -0.352 e. The van der Waals surface area contributed by atoms with Crippen LogP contribution in [0.15, 0.2) is 42.5 Å². The molecule has 0 radical (unpaired) electrons. The maximum Gasteiger partial charge on any atom is 0.251 e. The maximum atomic E-state index is 12.4. The molecule has 0 unspecified atom stereocenters. The number of carbonyl (C=O) groups is 1. The lowest BCUT2D eigenvalue weighted by Crippen LogP contribution is -2.27. The van der Waals surface area contributed by atoms with Crippen LogP contribution >= 0.6 is 0 Å². The van der Waals surface area contributed by atoms with Crippen LogP contribution in [0.4, 0.5) is 5.69 Å². The lowest BCUT2D eigenvalue weighted by Gasteiger charge is -2.16. The summed E-state index contributed by atoms with van der Waals surface area (Å²) in [6.07, 6.45) is 2.41. The van der Waals surface area contributed by atoms with Gasteiger partial charge in [-0.15, -0.1) is 0 Å². The summed E-state index contributed by atoms with van der Waals surface area (Å²) in [5, 5.41) is 2.89. The summed E-state index contributed by atoms with van der Waals surface area (Å²) in [5.41, 5.74) is 3.97. The van der Waals surface area contributed by atoms with E-state index in [9.17, 15) is 13.2 Å². The Labute approximate surface area is 157 Å². The summed E-state index contributed by atoms with van der Waals surface area (Å²) >= 11 is 0. The molecule has 0 fully saturated rings. The molecule has 0 bridgehead atoms. The minimum atomic E-state index is -3.28. The van der Waals surface area contributed by atoms with Gasteiger partial charge in [0.25, 0.3) is 5.91 Å². The molecular formula is C19H20N4O3S. The smallest absolute Gasteiger partial charge is 0.251 e. The predicted molar refractivity (Wildman–Crippen MR) is 104 cm³/mol. The van der Waals surface area contributed by atoms with Crippen molar-refractivity contribution in [3.8, 4) is 0 Å². The summed E-state index contributed by atoms with van der Waals surface area (Å²) < 4.78 is 25.0. The van der Waals surface area contributed by atoms with Crippen LogP contribution in [0, 0.1) is 0 Å². The SMILES string of the molecule is CS(=O)(=O)N1CCc2cc(C(=O)NCCc3nc4ccccc4[nH]3)ccc21. The van der Waals surface area contributed by atoms with Crippen LogP contribution in [-0.4, -0.2) is 43.6 Å². The van der Waals surface area contributed by atoms with Crippen LogP contribution in [0.3, 0.4) is 0 Å². The van der Waals surface area contributed by atoms with Crippen molar-refractivity contribution in [2.24, 2.45) is 0 Å². The molecule has 2 N–H and O–H groups in total. The van der Waals surface area contributed by atoms with Gasteiger partial charge in [0.1, 0.15) is 5.82 Å². The van der Waals surface area contributed by atoms with Gasteiger partial charge in [0.2, 0.25) is 10.0 Å². The third kappa shape index (κ3) is 3.52. The van der Waals surface area contributed by atoms with Gasteiger partial charge in [0.05, 0.1) is 23.0 Å². The summed E-state index contributed by atoms with van der Waals surface area (Å²) in [5.74, 6) is 0.654. The minimum absolute atomic E-state index is 0.174. The van der Waals surface area contributed by atoms with Gasteiger partial charge in [-0.3, -0.25) is 9.10 Å². The average molecular weight is 384 g/mol. The number of carbonyl (C=O) groups excluding carboxylic acids is 1. The molecule has 3 aromatic rings. The average Bonchev–Trinajstić information content (AvgIpc) is 3.24. The number of aromatic nitrogens is 2. The Bertz CT molecular complexity index is 1090. The third-order valence-corrected chi connectivity index (χ3v) is 5.86. The summed E-state index contributed by atoms with van der Waals surface area (Å²) in [6.45, 7) is 0.885. The maximum absolute atomic E-state index is 12.4. The van der Waals surface area contributed by atoms with Gasteiger partial charge in [-0.1, -0.05) is 12.1 Å². The quantitative estimate of drug-likeness (QED) is 0.702. The van der Waals surface area contributed by atoms with Gasteiger partial charge >= 0.3 is 0 Å². The van der Waals surface area contributed by atoms with Crippen molar-refractivity contribution >= 4 is 32.7 Å². The lowest BCUT2D eigenvalue weighted by atomic mass is 10.1. The number of hydrogen-bond donors (Lipinski definition) is 2. The molecule has 0 saturated heterocycles. The number of benzene rings is 2. The number of nitrogens with zero attached hydrogens (tertiary/aromatic N) is 2. The first-order chi connectivity index (χ1) is 12.9. The van der Waals surface area contributed by atoms with Crippen LogP contribution < -0.4 is 9.62 Å².